The van der Waals surface area contributed by atoms with Gasteiger partial charge in [-0.2, -0.15) is 0 Å². The van der Waals surface area contributed by atoms with Gasteiger partial charge in [0.25, 0.3) is 9.70 Å². The Kier molecular flexibility index (Phi) is 6.82. The zero-order valence-corrected chi connectivity index (χ0v) is 13.3. The molecule has 8 heteroatoms. The van der Waals surface area contributed by atoms with Crippen LogP contribution in [0.5, 0.6) is 5.88 Å². The number of anilines is 1. The quantitative estimate of drug-likeness (QED) is 0.638. The summed E-state index contributed by atoms with van der Waals surface area (Å²) in [7, 11) is 0. The third kappa shape index (κ3) is 5.71. The number of halogens is 3. The summed E-state index contributed by atoms with van der Waals surface area (Å²) < 4.78 is 8.52. The van der Waals surface area contributed by atoms with Crippen LogP contribution in [0.4, 0.5) is 5.69 Å². The highest BCUT2D eigenvalue weighted by molar-refractivity contribution is 6.76. The van der Waals surface area contributed by atoms with Gasteiger partial charge in [0.1, 0.15) is 6.61 Å². The SMILES string of the molecule is CCOCCOc1ccc(NC(=O)C(Cl)(Cl)Cl)c(C)n1. The molecule has 0 saturated carbocycles. The fourth-order valence-corrected chi connectivity index (χ4v) is 1.43. The predicted molar refractivity (Wildman–Crippen MR) is 79.9 cm³/mol. The molecule has 1 aromatic heterocycles. The summed E-state index contributed by atoms with van der Waals surface area (Å²) in [5, 5.41) is 2.48. The van der Waals surface area contributed by atoms with Crippen molar-refractivity contribution >= 4 is 46.4 Å². The van der Waals surface area contributed by atoms with Gasteiger partial charge < -0.3 is 14.8 Å². The molecule has 0 fully saturated rings. The van der Waals surface area contributed by atoms with Crippen molar-refractivity contribution in [2.24, 2.45) is 0 Å². The zero-order chi connectivity index (χ0) is 15.2. The number of nitrogens with zero attached hydrogens (tertiary/aromatic N) is 1. The van der Waals surface area contributed by atoms with Crippen LogP contribution in [0.15, 0.2) is 12.1 Å². The number of hydrogen-bond donors (Lipinski definition) is 1. The molecular formula is C12H15Cl3N2O3. The summed E-state index contributed by atoms with van der Waals surface area (Å²) in [6, 6.07) is 3.25. The van der Waals surface area contributed by atoms with E-state index in [-0.39, 0.29) is 0 Å². The van der Waals surface area contributed by atoms with Crippen LogP contribution < -0.4 is 10.1 Å². The van der Waals surface area contributed by atoms with Crippen LogP contribution >= 0.6 is 34.8 Å². The molecule has 0 aliphatic heterocycles. The second-order valence-corrected chi connectivity index (χ2v) is 6.06. The molecule has 1 heterocycles. The molecular weight excluding hydrogens is 327 g/mol. The monoisotopic (exact) mass is 340 g/mol. The van der Waals surface area contributed by atoms with Gasteiger partial charge in [0.15, 0.2) is 0 Å². The van der Waals surface area contributed by atoms with Crippen LogP contribution in [0, 0.1) is 6.92 Å². The van der Waals surface area contributed by atoms with Gasteiger partial charge in [0.05, 0.1) is 18.0 Å². The van der Waals surface area contributed by atoms with Crippen molar-refractivity contribution in [3.05, 3.63) is 17.8 Å². The number of ether oxygens (including phenoxy) is 2. The van der Waals surface area contributed by atoms with E-state index in [2.05, 4.69) is 10.3 Å². The van der Waals surface area contributed by atoms with E-state index in [0.717, 1.165) is 0 Å². The number of aryl methyl sites for hydroxylation is 1. The molecule has 0 aliphatic carbocycles. The third-order valence-electron chi connectivity index (χ3n) is 2.25. The maximum Gasteiger partial charge on any atom is 0.276 e. The highest BCUT2D eigenvalue weighted by atomic mass is 35.6. The average molecular weight is 342 g/mol. The van der Waals surface area contributed by atoms with Gasteiger partial charge in [0.2, 0.25) is 5.88 Å². The van der Waals surface area contributed by atoms with E-state index in [1.807, 2.05) is 6.92 Å². The first kappa shape index (κ1) is 17.3. The number of nitrogens with one attached hydrogen (secondary N) is 1. The van der Waals surface area contributed by atoms with Crippen molar-refractivity contribution in [2.45, 2.75) is 17.6 Å². The molecule has 1 aromatic rings. The number of hydrogen-bond acceptors (Lipinski definition) is 4. The molecule has 0 aliphatic rings. The Morgan fingerprint density at radius 1 is 1.35 bits per heavy atom. The number of pyridine rings is 1. The van der Waals surface area contributed by atoms with Crippen LogP contribution in [0.2, 0.25) is 0 Å². The lowest BCUT2D eigenvalue weighted by atomic mass is 10.3. The minimum atomic E-state index is -2.01. The maximum absolute atomic E-state index is 11.5. The number of carbonyl (C=O) groups excluding carboxylic acids is 1. The largest absolute Gasteiger partial charge is 0.475 e. The van der Waals surface area contributed by atoms with Crippen LogP contribution in [-0.2, 0) is 9.53 Å². The minimum Gasteiger partial charge on any atom is -0.475 e. The summed E-state index contributed by atoms with van der Waals surface area (Å²) in [6.07, 6.45) is 0. The Morgan fingerprint density at radius 3 is 2.60 bits per heavy atom. The lowest BCUT2D eigenvalue weighted by molar-refractivity contribution is -0.115. The summed E-state index contributed by atoms with van der Waals surface area (Å²) in [5.41, 5.74) is 1.01. The van der Waals surface area contributed by atoms with Crippen molar-refractivity contribution in [3.63, 3.8) is 0 Å². The molecule has 0 aromatic carbocycles. The van der Waals surface area contributed by atoms with Gasteiger partial charge in [-0.1, -0.05) is 34.8 Å². The van der Waals surface area contributed by atoms with Crippen LogP contribution in [0.25, 0.3) is 0 Å². The van der Waals surface area contributed by atoms with E-state index in [0.29, 0.717) is 37.1 Å². The van der Waals surface area contributed by atoms with E-state index < -0.39 is 9.70 Å². The highest BCUT2D eigenvalue weighted by Crippen LogP contribution is 2.28. The van der Waals surface area contributed by atoms with Crippen LogP contribution in [-0.4, -0.2) is 34.5 Å². The van der Waals surface area contributed by atoms with Gasteiger partial charge in [-0.15, -0.1) is 0 Å². The van der Waals surface area contributed by atoms with Gasteiger partial charge in [-0.25, -0.2) is 4.98 Å². The maximum atomic E-state index is 11.5. The number of alkyl halides is 3. The number of amides is 1. The van der Waals surface area contributed by atoms with Crippen molar-refractivity contribution in [3.8, 4) is 5.88 Å². The highest BCUT2D eigenvalue weighted by Gasteiger charge is 2.30. The molecule has 112 valence electrons. The molecule has 0 spiro atoms. The van der Waals surface area contributed by atoms with Gasteiger partial charge in [0, 0.05) is 12.7 Å². The standard InChI is InChI=1S/C12H15Cl3N2O3/c1-3-19-6-7-20-10-5-4-9(8(2)16-10)17-11(18)12(13,14)15/h4-5H,3,6-7H2,1-2H3,(H,17,18). The van der Waals surface area contributed by atoms with E-state index in [1.54, 1.807) is 19.1 Å². The van der Waals surface area contributed by atoms with Gasteiger partial charge in [-0.3, -0.25) is 4.79 Å². The lowest BCUT2D eigenvalue weighted by Crippen LogP contribution is -2.27. The normalized spacial score (nSPS) is 11.2. The van der Waals surface area contributed by atoms with E-state index in [4.69, 9.17) is 44.3 Å². The second kappa shape index (κ2) is 7.88. The van der Waals surface area contributed by atoms with Crippen molar-refractivity contribution in [1.29, 1.82) is 0 Å². The van der Waals surface area contributed by atoms with E-state index in [1.165, 1.54) is 0 Å². The number of rotatable bonds is 6. The Bertz CT molecular complexity index is 464. The van der Waals surface area contributed by atoms with Crippen molar-refractivity contribution in [1.82, 2.24) is 4.98 Å². The molecule has 0 radical (unpaired) electrons. The smallest absolute Gasteiger partial charge is 0.276 e. The number of carbonyl (C=O) groups is 1. The minimum absolute atomic E-state index is 0.403. The first-order valence-electron chi connectivity index (χ1n) is 5.91. The Labute approximate surface area is 132 Å². The molecule has 0 unspecified atom stereocenters. The molecule has 20 heavy (non-hydrogen) atoms. The zero-order valence-electron chi connectivity index (χ0n) is 11.1. The van der Waals surface area contributed by atoms with Crippen LogP contribution in [0.1, 0.15) is 12.6 Å². The summed E-state index contributed by atoms with van der Waals surface area (Å²) >= 11 is 16.4. The first-order valence-corrected chi connectivity index (χ1v) is 7.04. The Balaban J connectivity index is 2.62. The van der Waals surface area contributed by atoms with Gasteiger partial charge in [-0.05, 0) is 19.9 Å². The molecule has 5 nitrogen and oxygen atoms in total. The second-order valence-electron chi connectivity index (χ2n) is 3.78. The predicted octanol–water partition coefficient (Wildman–Crippen LogP) is 3.11. The van der Waals surface area contributed by atoms with Gasteiger partial charge >= 0.3 is 0 Å². The molecule has 0 saturated heterocycles. The molecule has 1 amide bonds. The van der Waals surface area contributed by atoms with Crippen molar-refractivity contribution < 1.29 is 14.3 Å². The average Bonchev–Trinajstić information content (AvgIpc) is 2.36. The summed E-state index contributed by atoms with van der Waals surface area (Å²) in [4.78, 5) is 15.7. The van der Waals surface area contributed by atoms with E-state index in [9.17, 15) is 4.79 Å². The molecule has 1 N–H and O–H groups in total. The van der Waals surface area contributed by atoms with Crippen molar-refractivity contribution in [2.75, 3.05) is 25.1 Å². The Morgan fingerprint density at radius 2 is 2.05 bits per heavy atom. The molecule has 0 bridgehead atoms. The number of aromatic nitrogens is 1. The van der Waals surface area contributed by atoms with E-state index >= 15 is 0 Å². The fraction of sp³-hybridized carbons (Fsp3) is 0.500. The topological polar surface area (TPSA) is 60.5 Å². The molecule has 1 rings (SSSR count). The Hall–Kier alpha value is -0.750. The summed E-state index contributed by atoms with van der Waals surface area (Å²) in [6.45, 7) is 5.15. The summed E-state index contributed by atoms with van der Waals surface area (Å²) in [5.74, 6) is -0.300. The fourth-order valence-electron chi connectivity index (χ4n) is 1.29. The molecule has 0 atom stereocenters. The first-order chi connectivity index (χ1) is 9.34. The lowest BCUT2D eigenvalue weighted by Gasteiger charge is -2.13. The third-order valence-corrected chi connectivity index (χ3v) is 2.76. The van der Waals surface area contributed by atoms with Crippen LogP contribution in [0.3, 0.4) is 0 Å².